The van der Waals surface area contributed by atoms with Gasteiger partial charge in [0.1, 0.15) is 0 Å². The van der Waals surface area contributed by atoms with Gasteiger partial charge in [0, 0.05) is 0 Å². The van der Waals surface area contributed by atoms with Crippen molar-refractivity contribution in [2.24, 2.45) is 5.73 Å². The second kappa shape index (κ2) is 5.45. The molecular formula is C12H16N2O3. The number of benzene rings is 1. The number of rotatable bonds is 3. The quantitative estimate of drug-likeness (QED) is 0.769. The van der Waals surface area contributed by atoms with Gasteiger partial charge < -0.3 is 15.8 Å². The highest BCUT2D eigenvalue weighted by atomic mass is 16.5. The summed E-state index contributed by atoms with van der Waals surface area (Å²) >= 11 is 0. The van der Waals surface area contributed by atoms with Crippen LogP contribution in [0, 0.1) is 6.92 Å². The molecule has 0 fully saturated rings. The minimum absolute atomic E-state index is 0.312. The van der Waals surface area contributed by atoms with E-state index in [9.17, 15) is 9.59 Å². The van der Waals surface area contributed by atoms with Crippen molar-refractivity contribution in [3.8, 4) is 0 Å². The molecule has 0 heterocycles. The van der Waals surface area contributed by atoms with Crippen molar-refractivity contribution in [1.82, 2.24) is 0 Å². The van der Waals surface area contributed by atoms with E-state index in [0.717, 1.165) is 5.56 Å². The molecule has 5 heteroatoms. The van der Waals surface area contributed by atoms with Crippen molar-refractivity contribution in [2.75, 3.05) is 12.4 Å². The van der Waals surface area contributed by atoms with Crippen molar-refractivity contribution in [2.45, 2.75) is 19.9 Å². The standard InChI is InChI=1S/C12H16N2O3/c1-7-4-5-9(12(16)17-3)10(6-7)14-11(15)8(2)13/h4-6,8H,13H2,1-3H3,(H,14,15)/t8-/m0/s1. The van der Waals surface area contributed by atoms with Crippen molar-refractivity contribution < 1.29 is 14.3 Å². The largest absolute Gasteiger partial charge is 0.465 e. The predicted octanol–water partition coefficient (Wildman–Crippen LogP) is 1.07. The fraction of sp³-hybridized carbons (Fsp3) is 0.333. The molecule has 0 saturated carbocycles. The van der Waals surface area contributed by atoms with Crippen LogP contribution in [-0.4, -0.2) is 25.0 Å². The number of hydrogen-bond acceptors (Lipinski definition) is 4. The summed E-state index contributed by atoms with van der Waals surface area (Å²) < 4.78 is 4.64. The third kappa shape index (κ3) is 3.29. The molecule has 0 bridgehead atoms. The molecule has 0 spiro atoms. The Kier molecular flexibility index (Phi) is 4.23. The number of hydrogen-bond donors (Lipinski definition) is 2. The highest BCUT2D eigenvalue weighted by molar-refractivity contribution is 6.02. The zero-order valence-corrected chi connectivity index (χ0v) is 10.1. The molecule has 0 saturated heterocycles. The number of aryl methyl sites for hydroxylation is 1. The molecular weight excluding hydrogens is 220 g/mol. The minimum Gasteiger partial charge on any atom is -0.465 e. The molecule has 92 valence electrons. The molecule has 1 amide bonds. The summed E-state index contributed by atoms with van der Waals surface area (Å²) in [7, 11) is 1.29. The van der Waals surface area contributed by atoms with Gasteiger partial charge >= 0.3 is 5.97 Å². The number of carbonyl (C=O) groups is 2. The Morgan fingerprint density at radius 2 is 2.06 bits per heavy atom. The van der Waals surface area contributed by atoms with E-state index >= 15 is 0 Å². The van der Waals surface area contributed by atoms with Gasteiger partial charge in [-0.05, 0) is 31.5 Å². The Morgan fingerprint density at radius 1 is 1.41 bits per heavy atom. The molecule has 0 aliphatic heterocycles. The normalized spacial score (nSPS) is 11.8. The van der Waals surface area contributed by atoms with Crippen LogP contribution in [0.1, 0.15) is 22.8 Å². The van der Waals surface area contributed by atoms with Crippen molar-refractivity contribution in [3.05, 3.63) is 29.3 Å². The fourth-order valence-electron chi connectivity index (χ4n) is 1.30. The Morgan fingerprint density at radius 3 is 2.59 bits per heavy atom. The highest BCUT2D eigenvalue weighted by Gasteiger charge is 2.15. The minimum atomic E-state index is -0.638. The first-order chi connectivity index (χ1) is 7.95. The summed E-state index contributed by atoms with van der Waals surface area (Å²) in [5, 5.41) is 2.60. The van der Waals surface area contributed by atoms with Crippen LogP contribution in [0.3, 0.4) is 0 Å². The number of anilines is 1. The number of amides is 1. The molecule has 3 N–H and O–H groups in total. The van der Waals surface area contributed by atoms with Crippen molar-refractivity contribution >= 4 is 17.6 Å². The second-order valence-electron chi connectivity index (χ2n) is 3.82. The molecule has 17 heavy (non-hydrogen) atoms. The van der Waals surface area contributed by atoms with Crippen LogP contribution < -0.4 is 11.1 Å². The molecule has 1 aromatic rings. The zero-order chi connectivity index (χ0) is 13.0. The van der Waals surface area contributed by atoms with Crippen LogP contribution in [-0.2, 0) is 9.53 Å². The average Bonchev–Trinajstić information content (AvgIpc) is 2.28. The molecule has 1 atom stereocenters. The van der Waals surface area contributed by atoms with Crippen LogP contribution in [0.2, 0.25) is 0 Å². The SMILES string of the molecule is COC(=O)c1ccc(C)cc1NC(=O)[C@H](C)N. The van der Waals surface area contributed by atoms with Gasteiger partial charge in [0.05, 0.1) is 24.4 Å². The lowest BCUT2D eigenvalue weighted by Crippen LogP contribution is -2.33. The lowest BCUT2D eigenvalue weighted by atomic mass is 10.1. The van der Waals surface area contributed by atoms with E-state index in [4.69, 9.17) is 5.73 Å². The topological polar surface area (TPSA) is 81.4 Å². The highest BCUT2D eigenvalue weighted by Crippen LogP contribution is 2.18. The summed E-state index contributed by atoms with van der Waals surface area (Å²) in [5.74, 6) is -0.842. The third-order valence-corrected chi connectivity index (χ3v) is 2.25. The number of nitrogens with one attached hydrogen (secondary N) is 1. The zero-order valence-electron chi connectivity index (χ0n) is 10.1. The summed E-state index contributed by atoms with van der Waals surface area (Å²) in [6.45, 7) is 3.44. The van der Waals surface area contributed by atoms with Gasteiger partial charge in [0.15, 0.2) is 0 Å². The van der Waals surface area contributed by atoms with E-state index < -0.39 is 12.0 Å². The first kappa shape index (κ1) is 13.2. The number of nitrogens with two attached hydrogens (primary N) is 1. The monoisotopic (exact) mass is 236 g/mol. The van der Waals surface area contributed by atoms with Gasteiger partial charge in [-0.1, -0.05) is 6.07 Å². The van der Waals surface area contributed by atoms with Crippen molar-refractivity contribution in [3.63, 3.8) is 0 Å². The van der Waals surface area contributed by atoms with E-state index in [-0.39, 0.29) is 5.91 Å². The first-order valence-corrected chi connectivity index (χ1v) is 5.21. The maximum atomic E-state index is 11.5. The van der Waals surface area contributed by atoms with Gasteiger partial charge in [0.2, 0.25) is 5.91 Å². The third-order valence-electron chi connectivity index (χ3n) is 2.25. The number of ether oxygens (including phenoxy) is 1. The van der Waals surface area contributed by atoms with E-state index in [1.807, 2.05) is 6.92 Å². The van der Waals surface area contributed by atoms with E-state index in [2.05, 4.69) is 10.1 Å². The summed E-state index contributed by atoms with van der Waals surface area (Å²) in [4.78, 5) is 23.0. The van der Waals surface area contributed by atoms with Crippen LogP contribution in [0.4, 0.5) is 5.69 Å². The number of carbonyl (C=O) groups excluding carboxylic acids is 2. The first-order valence-electron chi connectivity index (χ1n) is 5.21. The fourth-order valence-corrected chi connectivity index (χ4v) is 1.30. The lowest BCUT2D eigenvalue weighted by molar-refractivity contribution is -0.117. The molecule has 0 aliphatic carbocycles. The Hall–Kier alpha value is -1.88. The lowest BCUT2D eigenvalue weighted by Gasteiger charge is -2.12. The van der Waals surface area contributed by atoms with Crippen LogP contribution in [0.15, 0.2) is 18.2 Å². The van der Waals surface area contributed by atoms with Gasteiger partial charge in [0.25, 0.3) is 0 Å². The molecule has 5 nitrogen and oxygen atoms in total. The van der Waals surface area contributed by atoms with Crippen LogP contribution in [0.25, 0.3) is 0 Å². The van der Waals surface area contributed by atoms with Gasteiger partial charge in [-0.3, -0.25) is 4.79 Å². The number of methoxy groups -OCH3 is 1. The Bertz CT molecular complexity index is 441. The van der Waals surface area contributed by atoms with Gasteiger partial charge in [-0.25, -0.2) is 4.79 Å². The van der Waals surface area contributed by atoms with E-state index in [1.165, 1.54) is 7.11 Å². The van der Waals surface area contributed by atoms with Crippen LogP contribution in [0.5, 0.6) is 0 Å². The van der Waals surface area contributed by atoms with Gasteiger partial charge in [-0.15, -0.1) is 0 Å². The Balaban J connectivity index is 3.07. The Labute approximate surface area is 99.9 Å². The summed E-state index contributed by atoms with van der Waals surface area (Å²) in [6.07, 6.45) is 0. The molecule has 0 unspecified atom stereocenters. The molecule has 0 radical (unpaired) electrons. The summed E-state index contributed by atoms with van der Waals surface area (Å²) in [5.41, 5.74) is 7.11. The maximum absolute atomic E-state index is 11.5. The number of esters is 1. The molecule has 1 rings (SSSR count). The van der Waals surface area contributed by atoms with E-state index in [1.54, 1.807) is 25.1 Å². The second-order valence-corrected chi connectivity index (χ2v) is 3.82. The smallest absolute Gasteiger partial charge is 0.339 e. The summed E-state index contributed by atoms with van der Waals surface area (Å²) in [6, 6.07) is 4.44. The van der Waals surface area contributed by atoms with Gasteiger partial charge in [-0.2, -0.15) is 0 Å². The molecule has 1 aromatic carbocycles. The molecule has 0 aliphatic rings. The van der Waals surface area contributed by atoms with Crippen molar-refractivity contribution in [1.29, 1.82) is 0 Å². The van der Waals surface area contributed by atoms with E-state index in [0.29, 0.717) is 11.3 Å². The molecule has 0 aromatic heterocycles. The average molecular weight is 236 g/mol. The maximum Gasteiger partial charge on any atom is 0.339 e. The van der Waals surface area contributed by atoms with Crippen LogP contribution >= 0.6 is 0 Å². The predicted molar refractivity (Wildman–Crippen MR) is 64.8 cm³/mol.